The molecule has 3 saturated heterocycles. The molecule has 1 aromatic carbocycles. The summed E-state index contributed by atoms with van der Waals surface area (Å²) in [7, 11) is 1.65. The Morgan fingerprint density at radius 1 is 0.844 bits per heavy atom. The molecule has 0 saturated carbocycles. The van der Waals surface area contributed by atoms with E-state index in [1.54, 1.807) is 7.11 Å². The maximum absolute atomic E-state index is 9.10. The monoisotopic (exact) mass is 450 g/mol. The van der Waals surface area contributed by atoms with Gasteiger partial charge in [0.15, 0.2) is 12.6 Å². The van der Waals surface area contributed by atoms with Gasteiger partial charge >= 0.3 is 0 Å². The Balaban J connectivity index is 0.000000195. The van der Waals surface area contributed by atoms with Crippen LogP contribution >= 0.6 is 0 Å². The molecule has 0 amide bonds. The van der Waals surface area contributed by atoms with Crippen LogP contribution in [0.15, 0.2) is 30.3 Å². The zero-order chi connectivity index (χ0) is 23.4. The number of rotatable bonds is 3. The zero-order valence-electron chi connectivity index (χ0n) is 20.6. The molecular formula is C26H42O6. The second-order valence-corrected chi connectivity index (χ2v) is 9.81. The lowest BCUT2D eigenvalue weighted by molar-refractivity contribution is -0.308. The summed E-state index contributed by atoms with van der Waals surface area (Å²) in [6.45, 7) is 13.8. The molecule has 3 heterocycles. The van der Waals surface area contributed by atoms with Crippen molar-refractivity contribution in [3.8, 4) is 0 Å². The van der Waals surface area contributed by atoms with E-state index in [2.05, 4.69) is 41.5 Å². The summed E-state index contributed by atoms with van der Waals surface area (Å²) in [6, 6.07) is 10.1. The van der Waals surface area contributed by atoms with Crippen LogP contribution in [0, 0.1) is 29.6 Å². The SMILES string of the molecule is CC1[C@@H](C)[C@@H]2OC(c3ccccc3)OCC2O[C@@H]1C.CO[C@H]1OC(CO)[C@@H](C)[C@H](C)C1C. The number of aliphatic hydroxyl groups excluding tert-OH is 1. The van der Waals surface area contributed by atoms with Crippen LogP contribution in [0.4, 0.5) is 0 Å². The van der Waals surface area contributed by atoms with E-state index < -0.39 is 0 Å². The highest BCUT2D eigenvalue weighted by molar-refractivity contribution is 5.16. The van der Waals surface area contributed by atoms with Gasteiger partial charge < -0.3 is 28.8 Å². The standard InChI is InChI=1S/C16H22O3.C10H20O3/c1-10-11(2)15-14(18-12(10)3)9-17-16(19-15)13-7-5-4-6-8-13;1-6-7(2)9(5-11)13-10(12-4)8(6)3/h4-8,10-12,14-16H,9H2,1-3H3;6-11H,5H2,1-4H3/t10?,11-,12-,14?,15+,16?;6-,7-,8?,9?,10-/m10/s1. The summed E-state index contributed by atoms with van der Waals surface area (Å²) in [5, 5.41) is 9.10. The van der Waals surface area contributed by atoms with Crippen molar-refractivity contribution in [3.63, 3.8) is 0 Å². The maximum atomic E-state index is 9.10. The van der Waals surface area contributed by atoms with Gasteiger partial charge in [-0.05, 0) is 30.6 Å². The highest BCUT2D eigenvalue weighted by Gasteiger charge is 2.44. The molecule has 1 aromatic rings. The second kappa shape index (κ2) is 11.4. The Labute approximate surface area is 193 Å². The van der Waals surface area contributed by atoms with E-state index in [1.807, 2.05) is 30.3 Å². The molecule has 0 spiro atoms. The highest BCUT2D eigenvalue weighted by Crippen LogP contribution is 2.39. The molecule has 0 aliphatic carbocycles. The fourth-order valence-electron chi connectivity index (χ4n) is 5.00. The summed E-state index contributed by atoms with van der Waals surface area (Å²) >= 11 is 0. The smallest absolute Gasteiger partial charge is 0.184 e. The lowest BCUT2D eigenvalue weighted by Gasteiger charge is -2.47. The van der Waals surface area contributed by atoms with Gasteiger partial charge in [-0.1, -0.05) is 65.0 Å². The van der Waals surface area contributed by atoms with Gasteiger partial charge in [-0.3, -0.25) is 0 Å². The Morgan fingerprint density at radius 2 is 1.53 bits per heavy atom. The molecule has 3 aliphatic rings. The van der Waals surface area contributed by atoms with Gasteiger partial charge in [0.05, 0.1) is 31.5 Å². The minimum Gasteiger partial charge on any atom is -0.394 e. The van der Waals surface area contributed by atoms with Gasteiger partial charge in [-0.15, -0.1) is 0 Å². The van der Waals surface area contributed by atoms with Crippen LogP contribution in [-0.4, -0.2) is 56.1 Å². The molecule has 1 N–H and O–H groups in total. The van der Waals surface area contributed by atoms with Crippen LogP contribution in [-0.2, 0) is 23.7 Å². The Hall–Kier alpha value is -1.02. The van der Waals surface area contributed by atoms with Crippen molar-refractivity contribution in [2.45, 2.75) is 78.5 Å². The molecule has 4 rings (SSSR count). The molecule has 3 aliphatic heterocycles. The molecule has 0 aromatic heterocycles. The number of aliphatic hydroxyl groups is 1. The third kappa shape index (κ3) is 5.54. The summed E-state index contributed by atoms with van der Waals surface area (Å²) in [6.07, 6.45) is -0.0170. The molecule has 0 radical (unpaired) electrons. The quantitative estimate of drug-likeness (QED) is 0.735. The lowest BCUT2D eigenvalue weighted by Crippen LogP contribution is -2.54. The molecule has 32 heavy (non-hydrogen) atoms. The van der Waals surface area contributed by atoms with Crippen molar-refractivity contribution in [1.29, 1.82) is 0 Å². The first kappa shape index (κ1) is 25.6. The topological polar surface area (TPSA) is 66.4 Å². The van der Waals surface area contributed by atoms with Crippen LogP contribution in [0.3, 0.4) is 0 Å². The number of fused-ring (bicyclic) bond motifs is 1. The number of methoxy groups -OCH3 is 1. The number of hydrogen-bond donors (Lipinski definition) is 1. The third-order valence-electron chi connectivity index (χ3n) is 8.00. The van der Waals surface area contributed by atoms with Crippen LogP contribution in [0.25, 0.3) is 0 Å². The minimum atomic E-state index is -0.255. The average Bonchev–Trinajstić information content (AvgIpc) is 2.82. The molecule has 5 unspecified atom stereocenters. The van der Waals surface area contributed by atoms with Crippen LogP contribution in [0.2, 0.25) is 0 Å². The van der Waals surface area contributed by atoms with E-state index in [-0.39, 0.29) is 43.6 Å². The zero-order valence-corrected chi connectivity index (χ0v) is 20.6. The Morgan fingerprint density at radius 3 is 2.16 bits per heavy atom. The van der Waals surface area contributed by atoms with E-state index in [0.717, 1.165) is 5.56 Å². The second-order valence-electron chi connectivity index (χ2n) is 9.81. The van der Waals surface area contributed by atoms with Gasteiger partial charge in [0, 0.05) is 18.6 Å². The molecule has 182 valence electrons. The van der Waals surface area contributed by atoms with E-state index in [1.165, 1.54) is 0 Å². The minimum absolute atomic E-state index is 0.0705. The predicted molar refractivity (Wildman–Crippen MR) is 123 cm³/mol. The van der Waals surface area contributed by atoms with Crippen molar-refractivity contribution in [2.75, 3.05) is 20.3 Å². The van der Waals surface area contributed by atoms with Crippen LogP contribution < -0.4 is 0 Å². The van der Waals surface area contributed by atoms with Gasteiger partial charge in [-0.2, -0.15) is 0 Å². The van der Waals surface area contributed by atoms with E-state index in [9.17, 15) is 0 Å². The normalized spacial score (nSPS) is 44.2. The fourth-order valence-corrected chi connectivity index (χ4v) is 5.00. The van der Waals surface area contributed by atoms with Crippen molar-refractivity contribution in [1.82, 2.24) is 0 Å². The van der Waals surface area contributed by atoms with Crippen molar-refractivity contribution in [2.24, 2.45) is 29.6 Å². The Bertz CT molecular complexity index is 662. The summed E-state index contributed by atoms with van der Waals surface area (Å²) in [5.41, 5.74) is 1.08. The highest BCUT2D eigenvalue weighted by atomic mass is 16.7. The first-order valence-electron chi connectivity index (χ1n) is 12.0. The number of hydrogen-bond acceptors (Lipinski definition) is 6. The molecule has 6 nitrogen and oxygen atoms in total. The van der Waals surface area contributed by atoms with Gasteiger partial charge in [-0.25, -0.2) is 0 Å². The molecule has 6 heteroatoms. The first-order valence-corrected chi connectivity index (χ1v) is 12.0. The largest absolute Gasteiger partial charge is 0.394 e. The van der Waals surface area contributed by atoms with E-state index in [0.29, 0.717) is 36.2 Å². The fraction of sp³-hybridized carbons (Fsp3) is 0.769. The third-order valence-corrected chi connectivity index (χ3v) is 8.00. The first-order chi connectivity index (χ1) is 15.3. The van der Waals surface area contributed by atoms with E-state index >= 15 is 0 Å². The predicted octanol–water partition coefficient (Wildman–Crippen LogP) is 4.42. The Kier molecular flexibility index (Phi) is 9.13. The van der Waals surface area contributed by atoms with Gasteiger partial charge in [0.25, 0.3) is 0 Å². The van der Waals surface area contributed by atoms with Crippen LogP contribution in [0.1, 0.15) is 53.4 Å². The summed E-state index contributed by atoms with van der Waals surface area (Å²) in [5.74, 6) is 2.31. The molecular weight excluding hydrogens is 408 g/mol. The van der Waals surface area contributed by atoms with E-state index in [4.69, 9.17) is 28.8 Å². The maximum Gasteiger partial charge on any atom is 0.184 e. The number of benzene rings is 1. The average molecular weight is 451 g/mol. The summed E-state index contributed by atoms with van der Waals surface area (Å²) in [4.78, 5) is 0. The lowest BCUT2D eigenvalue weighted by atomic mass is 9.79. The summed E-state index contributed by atoms with van der Waals surface area (Å²) < 4.78 is 28.8. The molecule has 11 atom stereocenters. The van der Waals surface area contributed by atoms with Crippen molar-refractivity contribution in [3.05, 3.63) is 35.9 Å². The van der Waals surface area contributed by atoms with Crippen LogP contribution in [0.5, 0.6) is 0 Å². The van der Waals surface area contributed by atoms with Gasteiger partial charge in [0.2, 0.25) is 0 Å². The van der Waals surface area contributed by atoms with Crippen molar-refractivity contribution < 1.29 is 28.8 Å². The number of ether oxygens (including phenoxy) is 5. The van der Waals surface area contributed by atoms with Crippen molar-refractivity contribution >= 4 is 0 Å². The van der Waals surface area contributed by atoms with Gasteiger partial charge in [0.1, 0.15) is 6.10 Å². The molecule has 0 bridgehead atoms. The molecule has 3 fully saturated rings.